The van der Waals surface area contributed by atoms with Gasteiger partial charge in [-0.3, -0.25) is 0 Å². The van der Waals surface area contributed by atoms with E-state index in [9.17, 15) is 18.3 Å². The number of rotatable bonds is 10. The Bertz CT molecular complexity index is 789. The molecule has 2 rings (SSSR count). The van der Waals surface area contributed by atoms with Gasteiger partial charge >= 0.3 is 5.97 Å². The molecule has 8 heteroatoms. The van der Waals surface area contributed by atoms with Gasteiger partial charge in [-0.1, -0.05) is 11.6 Å². The number of nitrogens with one attached hydrogen (secondary N) is 2. The second kappa shape index (κ2) is 9.87. The van der Waals surface area contributed by atoms with Crippen LogP contribution in [0.5, 0.6) is 0 Å². The molecule has 0 fully saturated rings. The third-order valence-electron chi connectivity index (χ3n) is 4.45. The van der Waals surface area contributed by atoms with Gasteiger partial charge in [-0.2, -0.15) is 0 Å². The van der Waals surface area contributed by atoms with E-state index in [1.54, 1.807) is 6.92 Å². The molecule has 0 bridgehead atoms. The number of carbonyl (C=O) groups is 1. The highest BCUT2D eigenvalue weighted by Gasteiger charge is 2.21. The normalized spacial score (nSPS) is 15.9. The van der Waals surface area contributed by atoms with Crippen molar-refractivity contribution in [3.63, 3.8) is 0 Å². The molecule has 0 unspecified atom stereocenters. The lowest BCUT2D eigenvalue weighted by Crippen LogP contribution is -2.35. The fourth-order valence-corrected chi connectivity index (χ4v) is 4.38. The number of allylic oxidation sites excluding steroid dienone is 1. The first kappa shape index (κ1) is 21.4. The van der Waals surface area contributed by atoms with Gasteiger partial charge in [0.1, 0.15) is 0 Å². The van der Waals surface area contributed by atoms with Crippen molar-refractivity contribution in [3.05, 3.63) is 35.4 Å². The van der Waals surface area contributed by atoms with E-state index in [0.29, 0.717) is 12.2 Å². The number of hydrogen-bond donors (Lipinski definition) is 3. The molecule has 0 heterocycles. The highest BCUT2D eigenvalue weighted by atomic mass is 32.2. The molecule has 27 heavy (non-hydrogen) atoms. The minimum atomic E-state index is -3.82. The van der Waals surface area contributed by atoms with E-state index in [-0.39, 0.29) is 17.1 Å². The Kier molecular flexibility index (Phi) is 7.82. The molecule has 1 aliphatic rings. The van der Waals surface area contributed by atoms with E-state index in [4.69, 9.17) is 4.74 Å². The zero-order valence-corrected chi connectivity index (χ0v) is 16.6. The van der Waals surface area contributed by atoms with Crippen molar-refractivity contribution in [2.75, 3.05) is 25.6 Å². The van der Waals surface area contributed by atoms with Crippen molar-refractivity contribution in [2.24, 2.45) is 0 Å². The first-order valence-electron chi connectivity index (χ1n) is 9.14. The summed E-state index contributed by atoms with van der Waals surface area (Å²) < 4.78 is 32.3. The molecule has 150 valence electrons. The molecule has 7 nitrogen and oxygen atoms in total. The van der Waals surface area contributed by atoms with E-state index in [0.717, 1.165) is 19.3 Å². The average Bonchev–Trinajstić information content (AvgIpc) is 2.62. The van der Waals surface area contributed by atoms with Crippen LogP contribution in [0.25, 0.3) is 0 Å². The van der Waals surface area contributed by atoms with E-state index < -0.39 is 22.0 Å². The van der Waals surface area contributed by atoms with Crippen LogP contribution < -0.4 is 10.0 Å². The third-order valence-corrected chi connectivity index (χ3v) is 6.04. The highest BCUT2D eigenvalue weighted by molar-refractivity contribution is 7.89. The second-order valence-corrected chi connectivity index (χ2v) is 8.49. The van der Waals surface area contributed by atoms with Crippen LogP contribution >= 0.6 is 0 Å². The van der Waals surface area contributed by atoms with Crippen LogP contribution in [0.4, 0.5) is 5.69 Å². The molecule has 1 aromatic carbocycles. The summed E-state index contributed by atoms with van der Waals surface area (Å²) in [6.45, 7) is 2.51. The first-order valence-corrected chi connectivity index (χ1v) is 10.6. The van der Waals surface area contributed by atoms with Gasteiger partial charge in [0.2, 0.25) is 10.0 Å². The molecule has 0 radical (unpaired) electrons. The van der Waals surface area contributed by atoms with E-state index in [2.05, 4.69) is 16.1 Å². The SMILES string of the molecule is COC[C@H](C)NS(=O)(=O)c1ccc(NCCC2=CCCCC2)c(C(=O)O)c1. The van der Waals surface area contributed by atoms with E-state index in [1.807, 2.05) is 0 Å². The summed E-state index contributed by atoms with van der Waals surface area (Å²) in [6, 6.07) is 3.69. The van der Waals surface area contributed by atoms with Gasteiger partial charge in [-0.25, -0.2) is 17.9 Å². The highest BCUT2D eigenvalue weighted by Crippen LogP contribution is 2.23. The van der Waals surface area contributed by atoms with Crippen molar-refractivity contribution in [1.29, 1.82) is 0 Å². The molecule has 3 N–H and O–H groups in total. The molecule has 0 aliphatic heterocycles. The number of ether oxygens (including phenoxy) is 1. The van der Waals surface area contributed by atoms with Crippen molar-refractivity contribution in [3.8, 4) is 0 Å². The number of aromatic carboxylic acids is 1. The Morgan fingerprint density at radius 2 is 2.11 bits per heavy atom. The van der Waals surface area contributed by atoms with E-state index in [1.165, 1.54) is 43.7 Å². The summed E-state index contributed by atoms with van der Waals surface area (Å²) in [5.41, 5.74) is 1.75. The first-order chi connectivity index (χ1) is 12.8. The molecule has 0 amide bonds. The van der Waals surface area contributed by atoms with Crippen LogP contribution in [-0.4, -0.2) is 45.8 Å². The standard InChI is InChI=1S/C19H28N2O5S/c1-14(13-26-2)21-27(24,25)16-8-9-18(17(12-16)19(22)23)20-11-10-15-6-4-3-5-7-15/h6,8-9,12,14,20-21H,3-5,7,10-11,13H2,1-2H3,(H,22,23)/t14-/m0/s1. The summed E-state index contributed by atoms with van der Waals surface area (Å²) >= 11 is 0. The molecule has 0 saturated heterocycles. The predicted molar refractivity (Wildman–Crippen MR) is 105 cm³/mol. The maximum atomic E-state index is 12.4. The molecular weight excluding hydrogens is 368 g/mol. The molecule has 1 atom stereocenters. The average molecular weight is 397 g/mol. The van der Waals surface area contributed by atoms with Gasteiger partial charge in [0.25, 0.3) is 0 Å². The van der Waals surface area contributed by atoms with Crippen LogP contribution in [0, 0.1) is 0 Å². The maximum Gasteiger partial charge on any atom is 0.337 e. The summed E-state index contributed by atoms with van der Waals surface area (Å²) in [5.74, 6) is -1.17. The van der Waals surface area contributed by atoms with Crippen LogP contribution in [-0.2, 0) is 14.8 Å². The smallest absolute Gasteiger partial charge is 0.337 e. The largest absolute Gasteiger partial charge is 0.478 e. The number of methoxy groups -OCH3 is 1. The lowest BCUT2D eigenvalue weighted by atomic mass is 9.97. The van der Waals surface area contributed by atoms with Crippen molar-refractivity contribution in [1.82, 2.24) is 4.72 Å². The minimum absolute atomic E-state index is 0.0603. The molecule has 1 aromatic rings. The number of hydrogen-bond acceptors (Lipinski definition) is 5. The van der Waals surface area contributed by atoms with Gasteiger partial charge in [0.05, 0.1) is 17.1 Å². The van der Waals surface area contributed by atoms with Crippen molar-refractivity contribution < 1.29 is 23.1 Å². The second-order valence-electron chi connectivity index (χ2n) is 6.78. The van der Waals surface area contributed by atoms with Crippen LogP contribution in [0.1, 0.15) is 49.4 Å². The summed E-state index contributed by atoms with van der Waals surface area (Å²) in [5, 5.41) is 12.6. The molecule has 1 aliphatic carbocycles. The summed E-state index contributed by atoms with van der Waals surface area (Å²) in [4.78, 5) is 11.5. The van der Waals surface area contributed by atoms with Crippen LogP contribution in [0.15, 0.2) is 34.7 Å². The Labute approximate surface area is 160 Å². The fraction of sp³-hybridized carbons (Fsp3) is 0.526. The summed E-state index contributed by atoms with van der Waals surface area (Å²) in [6.07, 6.45) is 7.74. The Balaban J connectivity index is 2.11. The monoisotopic (exact) mass is 396 g/mol. The van der Waals surface area contributed by atoms with Crippen molar-refractivity contribution >= 4 is 21.7 Å². The minimum Gasteiger partial charge on any atom is -0.478 e. The Morgan fingerprint density at radius 3 is 2.74 bits per heavy atom. The predicted octanol–water partition coefficient (Wildman–Crippen LogP) is 3.00. The van der Waals surface area contributed by atoms with Gasteiger partial charge in [-0.15, -0.1) is 0 Å². The van der Waals surface area contributed by atoms with Gasteiger partial charge in [-0.05, 0) is 57.2 Å². The number of carboxylic acid groups (broad SMARTS) is 1. The number of anilines is 1. The molecule has 0 aromatic heterocycles. The van der Waals surface area contributed by atoms with Gasteiger partial charge < -0.3 is 15.2 Å². The van der Waals surface area contributed by atoms with E-state index >= 15 is 0 Å². The lowest BCUT2D eigenvalue weighted by Gasteiger charge is -2.16. The molecule has 0 saturated carbocycles. The Morgan fingerprint density at radius 1 is 1.33 bits per heavy atom. The zero-order valence-electron chi connectivity index (χ0n) is 15.8. The van der Waals surface area contributed by atoms with Crippen LogP contribution in [0.3, 0.4) is 0 Å². The Hall–Kier alpha value is -1.90. The summed E-state index contributed by atoms with van der Waals surface area (Å²) in [7, 11) is -2.34. The van der Waals surface area contributed by atoms with Crippen molar-refractivity contribution in [2.45, 2.75) is 50.0 Å². The number of carboxylic acids is 1. The number of benzene rings is 1. The number of sulfonamides is 1. The molecular formula is C19H28N2O5S. The quantitative estimate of drug-likeness (QED) is 0.525. The fourth-order valence-electron chi connectivity index (χ4n) is 3.13. The van der Waals surface area contributed by atoms with Gasteiger partial charge in [0, 0.05) is 25.4 Å². The zero-order chi connectivity index (χ0) is 19.9. The third kappa shape index (κ3) is 6.34. The topological polar surface area (TPSA) is 105 Å². The van der Waals surface area contributed by atoms with Crippen LogP contribution in [0.2, 0.25) is 0 Å². The van der Waals surface area contributed by atoms with Gasteiger partial charge in [0.15, 0.2) is 0 Å². The lowest BCUT2D eigenvalue weighted by molar-refractivity contribution is 0.0697. The maximum absolute atomic E-state index is 12.4. The molecule has 0 spiro atoms.